The van der Waals surface area contributed by atoms with Crippen molar-refractivity contribution in [2.75, 3.05) is 0 Å². The number of Topliss-reactive ketones (excluding diaryl/α,β-unsaturated/α-hetero) is 1. The minimum absolute atomic E-state index is 0.131. The average Bonchev–Trinajstić information content (AvgIpc) is 2.58. The standard InChI is InChI=1S/C14H18BNO4/c1-9(18)10-6-11(8-17)16-12(7-10)15-19-13(2,3)14(4,5)20-15/h6-8H,1-5H3. The van der Waals surface area contributed by atoms with Crippen LogP contribution >= 0.6 is 0 Å². The van der Waals surface area contributed by atoms with Crippen LogP contribution in [0.5, 0.6) is 0 Å². The Labute approximate surface area is 118 Å². The van der Waals surface area contributed by atoms with Crippen molar-refractivity contribution in [3.8, 4) is 0 Å². The van der Waals surface area contributed by atoms with E-state index < -0.39 is 18.3 Å². The molecule has 106 valence electrons. The molecule has 0 atom stereocenters. The minimum atomic E-state index is -0.682. The highest BCUT2D eigenvalue weighted by Gasteiger charge is 2.52. The van der Waals surface area contributed by atoms with Crippen LogP contribution in [0.3, 0.4) is 0 Å². The number of aromatic nitrogens is 1. The molecule has 1 aromatic heterocycles. The molecule has 20 heavy (non-hydrogen) atoms. The van der Waals surface area contributed by atoms with Crippen molar-refractivity contribution < 1.29 is 18.9 Å². The van der Waals surface area contributed by atoms with E-state index in [-0.39, 0.29) is 11.5 Å². The second-order valence-corrected chi connectivity index (χ2v) is 5.97. The molecule has 0 bridgehead atoms. The first-order valence-electron chi connectivity index (χ1n) is 6.50. The second kappa shape index (κ2) is 4.79. The fraction of sp³-hybridized carbons (Fsp3) is 0.500. The summed E-state index contributed by atoms with van der Waals surface area (Å²) in [5.74, 6) is -0.131. The molecule has 0 N–H and O–H groups in total. The van der Waals surface area contributed by atoms with E-state index >= 15 is 0 Å². The zero-order valence-corrected chi connectivity index (χ0v) is 12.4. The summed E-state index contributed by atoms with van der Waals surface area (Å²) >= 11 is 0. The molecule has 6 heteroatoms. The van der Waals surface area contributed by atoms with E-state index in [1.807, 2.05) is 27.7 Å². The molecule has 1 aliphatic heterocycles. The molecule has 2 rings (SSSR count). The van der Waals surface area contributed by atoms with Crippen LogP contribution in [0.1, 0.15) is 55.5 Å². The number of pyridine rings is 1. The first kappa shape index (κ1) is 14.9. The second-order valence-electron chi connectivity index (χ2n) is 5.97. The lowest BCUT2D eigenvalue weighted by atomic mass is 9.83. The van der Waals surface area contributed by atoms with E-state index in [0.717, 1.165) is 0 Å². The Morgan fingerprint density at radius 1 is 1.20 bits per heavy atom. The number of carbonyl (C=O) groups excluding carboxylic acids is 2. The van der Waals surface area contributed by atoms with Gasteiger partial charge in [0.15, 0.2) is 12.1 Å². The summed E-state index contributed by atoms with van der Waals surface area (Å²) in [5.41, 5.74) is 0.0764. The monoisotopic (exact) mass is 275 g/mol. The number of hydrogen-bond acceptors (Lipinski definition) is 5. The van der Waals surface area contributed by atoms with E-state index in [1.165, 1.54) is 13.0 Å². The lowest BCUT2D eigenvalue weighted by molar-refractivity contribution is 0.00578. The van der Waals surface area contributed by atoms with Gasteiger partial charge in [0, 0.05) is 5.56 Å². The lowest BCUT2D eigenvalue weighted by Gasteiger charge is -2.32. The van der Waals surface area contributed by atoms with E-state index in [4.69, 9.17) is 9.31 Å². The minimum Gasteiger partial charge on any atom is -0.398 e. The van der Waals surface area contributed by atoms with Crippen molar-refractivity contribution >= 4 is 24.8 Å². The van der Waals surface area contributed by atoms with Crippen molar-refractivity contribution in [2.45, 2.75) is 45.8 Å². The van der Waals surface area contributed by atoms with Gasteiger partial charge in [-0.05, 0) is 46.8 Å². The third-order valence-electron chi connectivity index (χ3n) is 3.89. The van der Waals surface area contributed by atoms with Gasteiger partial charge >= 0.3 is 7.12 Å². The SMILES string of the molecule is CC(=O)c1cc(C=O)nc(B2OC(C)(C)C(C)(C)O2)c1. The predicted octanol–water partition coefficient (Wildman–Crippen LogP) is 1.40. The first-order valence-corrected chi connectivity index (χ1v) is 6.50. The van der Waals surface area contributed by atoms with Crippen LogP contribution in [-0.2, 0) is 9.31 Å². The highest BCUT2D eigenvalue weighted by Crippen LogP contribution is 2.36. The van der Waals surface area contributed by atoms with Crippen molar-refractivity contribution in [1.29, 1.82) is 0 Å². The van der Waals surface area contributed by atoms with E-state index in [9.17, 15) is 9.59 Å². The number of hydrogen-bond donors (Lipinski definition) is 0. The molecule has 1 aromatic rings. The lowest BCUT2D eigenvalue weighted by Crippen LogP contribution is -2.41. The van der Waals surface area contributed by atoms with Gasteiger partial charge in [-0.1, -0.05) is 0 Å². The van der Waals surface area contributed by atoms with Crippen LogP contribution in [0.2, 0.25) is 0 Å². The summed E-state index contributed by atoms with van der Waals surface area (Å²) in [6.45, 7) is 9.17. The van der Waals surface area contributed by atoms with Crippen LogP contribution in [0.25, 0.3) is 0 Å². The molecular formula is C14H18BNO4. The van der Waals surface area contributed by atoms with Crippen LogP contribution in [0.15, 0.2) is 12.1 Å². The molecule has 0 spiro atoms. The number of aldehydes is 1. The topological polar surface area (TPSA) is 65.5 Å². The first-order chi connectivity index (χ1) is 9.16. The molecule has 1 saturated heterocycles. The van der Waals surface area contributed by atoms with Gasteiger partial charge in [0.2, 0.25) is 0 Å². The van der Waals surface area contributed by atoms with Gasteiger partial charge < -0.3 is 9.31 Å². The largest absolute Gasteiger partial charge is 0.514 e. The van der Waals surface area contributed by atoms with Crippen molar-refractivity contribution in [3.63, 3.8) is 0 Å². The van der Waals surface area contributed by atoms with Crippen molar-refractivity contribution in [2.24, 2.45) is 0 Å². The Bertz CT molecular complexity index is 552. The summed E-state index contributed by atoms with van der Waals surface area (Å²) in [4.78, 5) is 26.6. The zero-order chi connectivity index (χ0) is 15.1. The summed E-state index contributed by atoms with van der Waals surface area (Å²) in [7, 11) is -0.682. The molecule has 0 unspecified atom stereocenters. The van der Waals surface area contributed by atoms with E-state index in [0.29, 0.717) is 17.4 Å². The Morgan fingerprint density at radius 3 is 2.20 bits per heavy atom. The van der Waals surface area contributed by atoms with Crippen LogP contribution in [0, 0.1) is 0 Å². The van der Waals surface area contributed by atoms with Gasteiger partial charge in [0.25, 0.3) is 0 Å². The Hall–Kier alpha value is -1.53. The zero-order valence-electron chi connectivity index (χ0n) is 12.4. The summed E-state index contributed by atoms with van der Waals surface area (Å²) in [5, 5.41) is 0. The van der Waals surface area contributed by atoms with Gasteiger partial charge in [0.05, 0.1) is 16.8 Å². The van der Waals surface area contributed by atoms with Gasteiger partial charge in [-0.3, -0.25) is 14.6 Å². The summed E-state index contributed by atoms with van der Waals surface area (Å²) in [6.07, 6.45) is 0.612. The number of nitrogens with zero attached hydrogens (tertiary/aromatic N) is 1. The maximum absolute atomic E-state index is 11.5. The van der Waals surface area contributed by atoms with Gasteiger partial charge in [0.1, 0.15) is 5.69 Å². The molecule has 0 aromatic carbocycles. The molecular weight excluding hydrogens is 257 g/mol. The molecule has 0 amide bonds. The van der Waals surface area contributed by atoms with Gasteiger partial charge in [-0.2, -0.15) is 0 Å². The normalized spacial score (nSPS) is 19.9. The maximum Gasteiger partial charge on any atom is 0.514 e. The summed E-state index contributed by atoms with van der Waals surface area (Å²) in [6, 6.07) is 3.07. The molecule has 0 aliphatic carbocycles. The smallest absolute Gasteiger partial charge is 0.398 e. The highest BCUT2D eigenvalue weighted by atomic mass is 16.7. The van der Waals surface area contributed by atoms with Gasteiger partial charge in [-0.15, -0.1) is 0 Å². The van der Waals surface area contributed by atoms with Crippen LogP contribution in [-0.4, -0.2) is 35.4 Å². The van der Waals surface area contributed by atoms with E-state index in [1.54, 1.807) is 6.07 Å². The number of ketones is 1. The van der Waals surface area contributed by atoms with Crippen LogP contribution < -0.4 is 5.59 Å². The Kier molecular flexibility index (Phi) is 3.56. The maximum atomic E-state index is 11.5. The molecule has 0 radical (unpaired) electrons. The quantitative estimate of drug-likeness (QED) is 0.474. The Balaban J connectivity index is 2.42. The molecule has 2 heterocycles. The van der Waals surface area contributed by atoms with Crippen molar-refractivity contribution in [3.05, 3.63) is 23.4 Å². The third-order valence-corrected chi connectivity index (χ3v) is 3.89. The number of rotatable bonds is 3. The molecule has 1 fully saturated rings. The fourth-order valence-corrected chi connectivity index (χ4v) is 1.92. The van der Waals surface area contributed by atoms with Crippen LogP contribution in [0.4, 0.5) is 0 Å². The molecule has 0 saturated carbocycles. The third kappa shape index (κ3) is 2.53. The fourth-order valence-electron chi connectivity index (χ4n) is 1.92. The molecule has 1 aliphatic rings. The summed E-state index contributed by atoms with van der Waals surface area (Å²) < 4.78 is 11.7. The number of carbonyl (C=O) groups is 2. The van der Waals surface area contributed by atoms with Crippen molar-refractivity contribution in [1.82, 2.24) is 4.98 Å². The highest BCUT2D eigenvalue weighted by molar-refractivity contribution is 6.61. The average molecular weight is 275 g/mol. The predicted molar refractivity (Wildman–Crippen MR) is 75.3 cm³/mol. The van der Waals surface area contributed by atoms with E-state index in [2.05, 4.69) is 4.98 Å². The Morgan fingerprint density at radius 2 is 1.75 bits per heavy atom. The molecule has 5 nitrogen and oxygen atoms in total. The van der Waals surface area contributed by atoms with Gasteiger partial charge in [-0.25, -0.2) is 0 Å².